The normalized spacial score (nSPS) is 11.7. The van der Waals surface area contributed by atoms with Crippen LogP contribution in [0.15, 0.2) is 54.6 Å². The molecule has 0 bridgehead atoms. The zero-order valence-electron chi connectivity index (χ0n) is 14.2. The maximum Gasteiger partial charge on any atom is 0.319 e. The zero-order valence-corrected chi connectivity index (χ0v) is 14.2. The summed E-state index contributed by atoms with van der Waals surface area (Å²) in [6, 6.07) is 16.6. The highest BCUT2D eigenvalue weighted by molar-refractivity contribution is 5.91. The molecule has 0 saturated carbocycles. The van der Waals surface area contributed by atoms with E-state index in [1.165, 1.54) is 6.92 Å². The smallest absolute Gasteiger partial charge is 0.319 e. The number of benzene rings is 2. The molecule has 2 aromatic rings. The lowest BCUT2D eigenvalue weighted by Gasteiger charge is -2.23. The van der Waals surface area contributed by atoms with Crippen LogP contribution in [0.2, 0.25) is 0 Å². The molecule has 0 heterocycles. The van der Waals surface area contributed by atoms with Crippen molar-refractivity contribution in [2.24, 2.45) is 5.92 Å². The van der Waals surface area contributed by atoms with Gasteiger partial charge in [0.15, 0.2) is 0 Å². The van der Waals surface area contributed by atoms with Crippen molar-refractivity contribution in [1.82, 2.24) is 5.32 Å². The van der Waals surface area contributed by atoms with Gasteiger partial charge >= 0.3 is 6.03 Å². The molecular weight excluding hydrogens is 302 g/mol. The summed E-state index contributed by atoms with van der Waals surface area (Å²) >= 11 is 0. The number of carbonyl (C=O) groups excluding carboxylic acids is 2. The van der Waals surface area contributed by atoms with E-state index in [1.807, 2.05) is 30.3 Å². The lowest BCUT2D eigenvalue weighted by Crippen LogP contribution is -2.35. The summed E-state index contributed by atoms with van der Waals surface area (Å²) in [5.41, 5.74) is 2.43. The summed E-state index contributed by atoms with van der Waals surface area (Å²) in [5.74, 6) is 0.136. The zero-order chi connectivity index (χ0) is 17.5. The van der Waals surface area contributed by atoms with E-state index in [2.05, 4.69) is 29.8 Å². The number of hydrogen-bond acceptors (Lipinski definition) is 2. The van der Waals surface area contributed by atoms with Crippen LogP contribution in [0.4, 0.5) is 16.2 Å². The van der Waals surface area contributed by atoms with Gasteiger partial charge in [0.05, 0.1) is 6.04 Å². The Morgan fingerprint density at radius 3 is 1.88 bits per heavy atom. The summed E-state index contributed by atoms with van der Waals surface area (Å²) < 4.78 is 0. The quantitative estimate of drug-likeness (QED) is 0.772. The molecular formula is C19H23N3O2. The number of anilines is 2. The summed E-state index contributed by atoms with van der Waals surface area (Å²) in [5, 5.41) is 8.51. The van der Waals surface area contributed by atoms with E-state index in [-0.39, 0.29) is 23.9 Å². The summed E-state index contributed by atoms with van der Waals surface area (Å²) in [6.45, 7) is 5.59. The largest absolute Gasteiger partial charge is 0.331 e. The topological polar surface area (TPSA) is 70.2 Å². The Morgan fingerprint density at radius 1 is 0.833 bits per heavy atom. The summed E-state index contributed by atoms with van der Waals surface area (Å²) in [6.07, 6.45) is 0. The van der Waals surface area contributed by atoms with Gasteiger partial charge in [-0.3, -0.25) is 4.79 Å². The first-order valence-corrected chi connectivity index (χ1v) is 7.96. The fourth-order valence-electron chi connectivity index (χ4n) is 2.44. The van der Waals surface area contributed by atoms with Crippen molar-refractivity contribution in [2.45, 2.75) is 26.8 Å². The van der Waals surface area contributed by atoms with E-state index in [9.17, 15) is 9.59 Å². The van der Waals surface area contributed by atoms with Crippen molar-refractivity contribution in [2.75, 3.05) is 10.6 Å². The van der Waals surface area contributed by atoms with Crippen LogP contribution in [0.5, 0.6) is 0 Å². The number of amides is 3. The van der Waals surface area contributed by atoms with E-state index in [4.69, 9.17) is 0 Å². The average molecular weight is 325 g/mol. The number of urea groups is 1. The fourth-order valence-corrected chi connectivity index (χ4v) is 2.44. The van der Waals surface area contributed by atoms with Gasteiger partial charge in [-0.1, -0.05) is 44.2 Å². The molecule has 0 aliphatic carbocycles. The van der Waals surface area contributed by atoms with Crippen molar-refractivity contribution >= 4 is 23.3 Å². The highest BCUT2D eigenvalue weighted by atomic mass is 16.2. The van der Waals surface area contributed by atoms with E-state index >= 15 is 0 Å². The van der Waals surface area contributed by atoms with Gasteiger partial charge < -0.3 is 16.0 Å². The maximum atomic E-state index is 12.3. The Hall–Kier alpha value is -2.82. The molecule has 5 heteroatoms. The minimum absolute atomic E-state index is 0.0650. The summed E-state index contributed by atoms with van der Waals surface area (Å²) in [7, 11) is 0. The second-order valence-electron chi connectivity index (χ2n) is 5.99. The van der Waals surface area contributed by atoms with Gasteiger partial charge in [-0.2, -0.15) is 0 Å². The van der Waals surface area contributed by atoms with E-state index in [0.717, 1.165) is 5.56 Å². The third kappa shape index (κ3) is 5.12. The van der Waals surface area contributed by atoms with Crippen LogP contribution in [0.3, 0.4) is 0 Å². The fraction of sp³-hybridized carbons (Fsp3) is 0.263. The molecule has 3 N–H and O–H groups in total. The second-order valence-corrected chi connectivity index (χ2v) is 5.99. The van der Waals surface area contributed by atoms with Gasteiger partial charge in [-0.05, 0) is 35.7 Å². The molecule has 0 aromatic heterocycles. The Labute approximate surface area is 142 Å². The SMILES string of the molecule is CC(=O)Nc1ccc(NC(=O)NC(c2ccccc2)C(C)C)cc1. The van der Waals surface area contributed by atoms with Crippen LogP contribution in [0.1, 0.15) is 32.4 Å². The molecule has 24 heavy (non-hydrogen) atoms. The molecule has 1 atom stereocenters. The average Bonchev–Trinajstić information content (AvgIpc) is 2.54. The van der Waals surface area contributed by atoms with E-state index < -0.39 is 0 Å². The third-order valence-electron chi connectivity index (χ3n) is 3.58. The third-order valence-corrected chi connectivity index (χ3v) is 3.58. The molecule has 2 rings (SSSR count). The monoisotopic (exact) mass is 325 g/mol. The van der Waals surface area contributed by atoms with Crippen molar-refractivity contribution in [3.63, 3.8) is 0 Å². The van der Waals surface area contributed by atoms with Crippen LogP contribution in [0.25, 0.3) is 0 Å². The predicted molar refractivity (Wildman–Crippen MR) is 96.9 cm³/mol. The van der Waals surface area contributed by atoms with E-state index in [1.54, 1.807) is 24.3 Å². The van der Waals surface area contributed by atoms with Crippen molar-refractivity contribution < 1.29 is 9.59 Å². The molecule has 5 nitrogen and oxygen atoms in total. The van der Waals surface area contributed by atoms with Crippen LogP contribution >= 0.6 is 0 Å². The molecule has 0 radical (unpaired) electrons. The minimum Gasteiger partial charge on any atom is -0.331 e. The molecule has 0 fully saturated rings. The van der Waals surface area contributed by atoms with Gasteiger partial charge in [0.25, 0.3) is 0 Å². The highest BCUT2D eigenvalue weighted by Gasteiger charge is 2.18. The predicted octanol–water partition coefficient (Wildman–Crippen LogP) is 4.16. The van der Waals surface area contributed by atoms with Gasteiger partial charge in [0.1, 0.15) is 0 Å². The van der Waals surface area contributed by atoms with Gasteiger partial charge in [0.2, 0.25) is 5.91 Å². The van der Waals surface area contributed by atoms with Crippen LogP contribution in [-0.4, -0.2) is 11.9 Å². The first kappa shape index (κ1) is 17.5. The van der Waals surface area contributed by atoms with Crippen molar-refractivity contribution in [1.29, 1.82) is 0 Å². The number of rotatable bonds is 5. The van der Waals surface area contributed by atoms with Crippen LogP contribution in [-0.2, 0) is 4.79 Å². The lowest BCUT2D eigenvalue weighted by atomic mass is 9.96. The maximum absolute atomic E-state index is 12.3. The van der Waals surface area contributed by atoms with Crippen molar-refractivity contribution in [3.05, 3.63) is 60.2 Å². The molecule has 1 unspecified atom stereocenters. The molecule has 0 saturated heterocycles. The summed E-state index contributed by atoms with van der Waals surface area (Å²) in [4.78, 5) is 23.3. The Morgan fingerprint density at radius 2 is 1.38 bits per heavy atom. The molecule has 0 aliphatic rings. The first-order valence-electron chi connectivity index (χ1n) is 7.96. The second kappa shape index (κ2) is 8.15. The lowest BCUT2D eigenvalue weighted by molar-refractivity contribution is -0.114. The number of nitrogens with one attached hydrogen (secondary N) is 3. The molecule has 2 aromatic carbocycles. The van der Waals surface area contributed by atoms with E-state index in [0.29, 0.717) is 11.4 Å². The number of carbonyl (C=O) groups is 2. The minimum atomic E-state index is -0.259. The Kier molecular flexibility index (Phi) is 5.95. The van der Waals surface area contributed by atoms with Crippen molar-refractivity contribution in [3.8, 4) is 0 Å². The highest BCUT2D eigenvalue weighted by Crippen LogP contribution is 2.21. The van der Waals surface area contributed by atoms with Gasteiger partial charge in [-0.25, -0.2) is 4.79 Å². The van der Waals surface area contributed by atoms with Crippen LogP contribution in [0, 0.1) is 5.92 Å². The molecule has 3 amide bonds. The van der Waals surface area contributed by atoms with Gasteiger partial charge in [-0.15, -0.1) is 0 Å². The Bertz CT molecular complexity index is 682. The number of hydrogen-bond donors (Lipinski definition) is 3. The molecule has 126 valence electrons. The Balaban J connectivity index is 1.99. The van der Waals surface area contributed by atoms with Crippen LogP contribution < -0.4 is 16.0 Å². The molecule has 0 aliphatic heterocycles. The molecule has 0 spiro atoms. The standard InChI is InChI=1S/C19H23N3O2/c1-13(2)18(15-7-5-4-6-8-15)22-19(24)21-17-11-9-16(10-12-17)20-14(3)23/h4-13,18H,1-3H3,(H,20,23)(H2,21,22,24). The first-order chi connectivity index (χ1) is 11.5. The van der Waals surface area contributed by atoms with Gasteiger partial charge in [0, 0.05) is 18.3 Å².